The highest BCUT2D eigenvalue weighted by molar-refractivity contribution is 5.94. The molecule has 142 valence electrons. The highest BCUT2D eigenvalue weighted by atomic mass is 16.5. The Kier molecular flexibility index (Phi) is 5.04. The van der Waals surface area contributed by atoms with Crippen LogP contribution in [-0.2, 0) is 6.54 Å². The predicted molar refractivity (Wildman–Crippen MR) is 111 cm³/mol. The van der Waals surface area contributed by atoms with Gasteiger partial charge in [-0.05, 0) is 50.5 Å². The molecule has 0 bridgehead atoms. The summed E-state index contributed by atoms with van der Waals surface area (Å²) in [6.07, 6.45) is 7.44. The summed E-state index contributed by atoms with van der Waals surface area (Å²) in [7, 11) is 5.82. The summed E-state index contributed by atoms with van der Waals surface area (Å²) in [6, 6.07) is 12.0. The summed E-state index contributed by atoms with van der Waals surface area (Å²) < 4.78 is 7.81. The summed E-state index contributed by atoms with van der Waals surface area (Å²) >= 11 is 0. The monoisotopic (exact) mass is 373 g/mol. The highest BCUT2D eigenvalue weighted by Gasteiger charge is 2.15. The second kappa shape index (κ2) is 7.78. The average Bonchev–Trinajstić information content (AvgIpc) is 3.20. The van der Waals surface area contributed by atoms with E-state index in [-0.39, 0.29) is 0 Å². The molecule has 6 nitrogen and oxygen atoms in total. The summed E-state index contributed by atoms with van der Waals surface area (Å²) in [4.78, 5) is 15.8. The maximum atomic E-state index is 5.64. The van der Waals surface area contributed by atoms with Crippen molar-refractivity contribution in [3.05, 3.63) is 61.2 Å². The van der Waals surface area contributed by atoms with Crippen molar-refractivity contribution in [3.63, 3.8) is 0 Å². The van der Waals surface area contributed by atoms with Crippen LogP contribution >= 0.6 is 0 Å². The van der Waals surface area contributed by atoms with Crippen LogP contribution in [0.2, 0.25) is 0 Å². The number of hydrogen-bond donors (Lipinski definition) is 0. The van der Waals surface area contributed by atoms with E-state index in [0.717, 1.165) is 52.4 Å². The number of hydrogen-bond acceptors (Lipinski definition) is 5. The van der Waals surface area contributed by atoms with Gasteiger partial charge in [-0.1, -0.05) is 0 Å². The molecule has 0 aliphatic rings. The molecule has 0 unspecified atom stereocenters. The first-order valence-electron chi connectivity index (χ1n) is 9.22. The van der Waals surface area contributed by atoms with E-state index in [2.05, 4.69) is 44.6 Å². The lowest BCUT2D eigenvalue weighted by atomic mass is 10.0. The maximum Gasteiger partial charge on any atom is 0.139 e. The minimum absolute atomic E-state index is 0.777. The SMILES string of the molecule is COc1ccc(-c2nccn2CCN(C)C)cc1-c1nccc2ncccc12. The van der Waals surface area contributed by atoms with Gasteiger partial charge >= 0.3 is 0 Å². The van der Waals surface area contributed by atoms with Gasteiger partial charge in [0.2, 0.25) is 0 Å². The molecule has 0 aliphatic heterocycles. The van der Waals surface area contributed by atoms with Crippen molar-refractivity contribution in [2.45, 2.75) is 6.54 Å². The van der Waals surface area contributed by atoms with Gasteiger partial charge in [-0.2, -0.15) is 0 Å². The fraction of sp³-hybridized carbons (Fsp3) is 0.227. The fourth-order valence-electron chi connectivity index (χ4n) is 3.31. The first-order chi connectivity index (χ1) is 13.7. The van der Waals surface area contributed by atoms with Crippen molar-refractivity contribution in [3.8, 4) is 28.4 Å². The topological polar surface area (TPSA) is 56.1 Å². The molecule has 0 saturated heterocycles. The normalized spacial score (nSPS) is 11.3. The molecule has 3 heterocycles. The van der Waals surface area contributed by atoms with E-state index < -0.39 is 0 Å². The Morgan fingerprint density at radius 1 is 1.00 bits per heavy atom. The van der Waals surface area contributed by atoms with Crippen LogP contribution in [0, 0.1) is 0 Å². The molecule has 6 heteroatoms. The van der Waals surface area contributed by atoms with Crippen LogP contribution in [-0.4, -0.2) is 52.2 Å². The van der Waals surface area contributed by atoms with Gasteiger partial charge in [-0.25, -0.2) is 4.98 Å². The van der Waals surface area contributed by atoms with Crippen LogP contribution in [0.3, 0.4) is 0 Å². The Morgan fingerprint density at radius 3 is 2.71 bits per heavy atom. The van der Waals surface area contributed by atoms with Crippen molar-refractivity contribution < 1.29 is 4.74 Å². The Bertz CT molecular complexity index is 1100. The van der Waals surface area contributed by atoms with Crippen molar-refractivity contribution >= 4 is 10.9 Å². The van der Waals surface area contributed by atoms with Crippen LogP contribution in [0.1, 0.15) is 0 Å². The molecule has 28 heavy (non-hydrogen) atoms. The number of fused-ring (bicyclic) bond motifs is 1. The number of aromatic nitrogens is 4. The first kappa shape index (κ1) is 18.1. The molecule has 0 atom stereocenters. The minimum atomic E-state index is 0.777. The standard InChI is InChI=1S/C22H23N5O/c1-26(2)13-14-27-12-11-25-22(27)16-6-7-20(28-3)18(15-16)21-17-5-4-9-23-19(17)8-10-24-21/h4-12,15H,13-14H2,1-3H3. The highest BCUT2D eigenvalue weighted by Crippen LogP contribution is 2.35. The average molecular weight is 373 g/mol. The molecule has 3 aromatic heterocycles. The largest absolute Gasteiger partial charge is 0.496 e. The molecule has 1 aromatic carbocycles. The Morgan fingerprint density at radius 2 is 1.89 bits per heavy atom. The van der Waals surface area contributed by atoms with Crippen molar-refractivity contribution in [2.75, 3.05) is 27.7 Å². The molecular weight excluding hydrogens is 350 g/mol. The third-order valence-corrected chi connectivity index (χ3v) is 4.75. The lowest BCUT2D eigenvalue weighted by molar-refractivity contribution is 0.385. The van der Waals surface area contributed by atoms with Gasteiger partial charge in [0.25, 0.3) is 0 Å². The van der Waals surface area contributed by atoms with Gasteiger partial charge < -0.3 is 14.2 Å². The van der Waals surface area contributed by atoms with Crippen molar-refractivity contribution in [2.24, 2.45) is 0 Å². The summed E-state index contributed by atoms with van der Waals surface area (Å²) in [5.41, 5.74) is 3.73. The van der Waals surface area contributed by atoms with Crippen LogP contribution in [0.5, 0.6) is 5.75 Å². The molecule has 0 N–H and O–H groups in total. The number of rotatable bonds is 6. The van der Waals surface area contributed by atoms with Gasteiger partial charge in [0.15, 0.2) is 0 Å². The molecule has 4 rings (SSSR count). The number of methoxy groups -OCH3 is 1. The molecule has 0 aliphatic carbocycles. The van der Waals surface area contributed by atoms with E-state index in [1.807, 2.05) is 42.7 Å². The molecule has 4 aromatic rings. The van der Waals surface area contributed by atoms with E-state index in [4.69, 9.17) is 4.74 Å². The van der Waals surface area contributed by atoms with Crippen molar-refractivity contribution in [1.82, 2.24) is 24.4 Å². The van der Waals surface area contributed by atoms with E-state index >= 15 is 0 Å². The maximum absolute atomic E-state index is 5.64. The number of nitrogens with zero attached hydrogens (tertiary/aromatic N) is 5. The van der Waals surface area contributed by atoms with E-state index in [1.54, 1.807) is 19.5 Å². The van der Waals surface area contributed by atoms with E-state index in [1.165, 1.54) is 0 Å². The number of pyridine rings is 2. The molecule has 0 radical (unpaired) electrons. The summed E-state index contributed by atoms with van der Waals surface area (Å²) in [6.45, 7) is 1.82. The lowest BCUT2D eigenvalue weighted by Crippen LogP contribution is -2.18. The zero-order valence-electron chi connectivity index (χ0n) is 16.3. The molecule has 0 amide bonds. The van der Waals surface area contributed by atoms with Gasteiger partial charge in [0.1, 0.15) is 11.6 Å². The second-order valence-electron chi connectivity index (χ2n) is 6.89. The predicted octanol–water partition coefficient (Wildman–Crippen LogP) is 3.73. The Hall–Kier alpha value is -3.25. The smallest absolute Gasteiger partial charge is 0.139 e. The van der Waals surface area contributed by atoms with Gasteiger partial charge in [-0.15, -0.1) is 0 Å². The molecule has 0 saturated carbocycles. The number of ether oxygens (including phenoxy) is 1. The zero-order valence-corrected chi connectivity index (χ0v) is 16.3. The van der Waals surface area contributed by atoms with Crippen LogP contribution in [0.25, 0.3) is 33.5 Å². The number of imidazole rings is 1. The number of benzene rings is 1. The van der Waals surface area contributed by atoms with Gasteiger partial charge in [0.05, 0.1) is 18.3 Å². The van der Waals surface area contributed by atoms with Crippen LogP contribution in [0.4, 0.5) is 0 Å². The van der Waals surface area contributed by atoms with Crippen molar-refractivity contribution in [1.29, 1.82) is 0 Å². The third-order valence-electron chi connectivity index (χ3n) is 4.75. The van der Waals surface area contributed by atoms with Gasteiger partial charge in [0, 0.05) is 54.4 Å². The quantitative estimate of drug-likeness (QED) is 0.515. The van der Waals surface area contributed by atoms with Crippen LogP contribution in [0.15, 0.2) is 61.2 Å². The van der Waals surface area contributed by atoms with Gasteiger partial charge in [-0.3, -0.25) is 9.97 Å². The third kappa shape index (κ3) is 3.46. The number of likely N-dealkylation sites (N-methyl/N-ethyl adjacent to an activating group) is 1. The summed E-state index contributed by atoms with van der Waals surface area (Å²) in [5.74, 6) is 1.71. The summed E-state index contributed by atoms with van der Waals surface area (Å²) in [5, 5.41) is 0.997. The lowest BCUT2D eigenvalue weighted by Gasteiger charge is -2.14. The second-order valence-corrected chi connectivity index (χ2v) is 6.89. The van der Waals surface area contributed by atoms with E-state index in [9.17, 15) is 0 Å². The fourth-order valence-corrected chi connectivity index (χ4v) is 3.31. The molecule has 0 spiro atoms. The Balaban J connectivity index is 1.83. The van der Waals surface area contributed by atoms with E-state index in [0.29, 0.717) is 0 Å². The Labute approximate surface area is 164 Å². The molecular formula is C22H23N5O. The zero-order chi connectivity index (χ0) is 19.5. The van der Waals surface area contributed by atoms with Crippen LogP contribution < -0.4 is 4.74 Å². The minimum Gasteiger partial charge on any atom is -0.496 e. The first-order valence-corrected chi connectivity index (χ1v) is 9.22. The molecule has 0 fully saturated rings.